The summed E-state index contributed by atoms with van der Waals surface area (Å²) in [6, 6.07) is 5.13. The van der Waals surface area contributed by atoms with Gasteiger partial charge in [0.05, 0.1) is 17.9 Å². The average molecular weight is 236 g/mol. The van der Waals surface area contributed by atoms with E-state index in [1.807, 2.05) is 6.07 Å². The van der Waals surface area contributed by atoms with Crippen LogP contribution in [-0.4, -0.2) is 36.8 Å². The second-order valence-electron chi connectivity index (χ2n) is 4.01. The number of nitrogens with one attached hydrogen (secondary N) is 2. The molecule has 1 aliphatic heterocycles. The van der Waals surface area contributed by atoms with Gasteiger partial charge in [-0.05, 0) is 19.1 Å². The quantitative estimate of drug-likeness (QED) is 0.719. The van der Waals surface area contributed by atoms with Crippen LogP contribution in [0.1, 0.15) is 17.3 Å². The van der Waals surface area contributed by atoms with Gasteiger partial charge in [-0.3, -0.25) is 4.79 Å². The third-order valence-electron chi connectivity index (χ3n) is 2.57. The number of ether oxygens (including phenoxy) is 1. The number of aliphatic hydroxyl groups excluding tert-OH is 1. The molecule has 0 fully saturated rings. The Labute approximate surface area is 99.8 Å². The number of aliphatic hydroxyl groups is 1. The van der Waals surface area contributed by atoms with Gasteiger partial charge in [-0.25, -0.2) is 0 Å². The first kappa shape index (κ1) is 11.7. The molecule has 0 bridgehead atoms. The van der Waals surface area contributed by atoms with Crippen molar-refractivity contribution < 1.29 is 14.6 Å². The summed E-state index contributed by atoms with van der Waals surface area (Å²) < 4.78 is 5.51. The zero-order chi connectivity index (χ0) is 12.3. The number of para-hydroxylation sites is 1. The van der Waals surface area contributed by atoms with Gasteiger partial charge in [0.2, 0.25) is 0 Å². The lowest BCUT2D eigenvalue weighted by molar-refractivity contribution is 0.0918. The molecule has 17 heavy (non-hydrogen) atoms. The van der Waals surface area contributed by atoms with Crippen LogP contribution >= 0.6 is 0 Å². The minimum absolute atomic E-state index is 0.0835. The van der Waals surface area contributed by atoms with Crippen molar-refractivity contribution in [3.8, 4) is 5.75 Å². The van der Waals surface area contributed by atoms with Crippen molar-refractivity contribution in [1.29, 1.82) is 0 Å². The highest BCUT2D eigenvalue weighted by Gasteiger charge is 2.19. The van der Waals surface area contributed by atoms with E-state index in [1.54, 1.807) is 19.1 Å². The molecule has 1 amide bonds. The molecule has 92 valence electrons. The zero-order valence-electron chi connectivity index (χ0n) is 9.69. The van der Waals surface area contributed by atoms with E-state index in [1.165, 1.54) is 0 Å². The number of rotatable bonds is 3. The lowest BCUT2D eigenvalue weighted by Crippen LogP contribution is -2.35. The number of hydrogen-bond donors (Lipinski definition) is 3. The van der Waals surface area contributed by atoms with E-state index < -0.39 is 0 Å². The van der Waals surface area contributed by atoms with Crippen molar-refractivity contribution in [3.63, 3.8) is 0 Å². The fourth-order valence-electron chi connectivity index (χ4n) is 1.70. The topological polar surface area (TPSA) is 70.6 Å². The van der Waals surface area contributed by atoms with Crippen LogP contribution in [0.5, 0.6) is 5.75 Å². The Balaban J connectivity index is 2.23. The van der Waals surface area contributed by atoms with Crippen LogP contribution in [0.15, 0.2) is 18.2 Å². The SMILES string of the molecule is C[C@@H](CO)NC(=O)c1cccc2c1OCCN2. The molecule has 0 aliphatic carbocycles. The number of hydrogen-bond acceptors (Lipinski definition) is 4. The summed E-state index contributed by atoms with van der Waals surface area (Å²) in [6.45, 7) is 2.95. The molecule has 0 saturated heterocycles. The van der Waals surface area contributed by atoms with Gasteiger partial charge in [-0.15, -0.1) is 0 Å². The number of anilines is 1. The van der Waals surface area contributed by atoms with Crippen LogP contribution in [-0.2, 0) is 0 Å². The highest BCUT2D eigenvalue weighted by Crippen LogP contribution is 2.31. The van der Waals surface area contributed by atoms with Crippen LogP contribution in [0.2, 0.25) is 0 Å². The Morgan fingerprint density at radius 3 is 3.24 bits per heavy atom. The Morgan fingerprint density at radius 2 is 2.47 bits per heavy atom. The Kier molecular flexibility index (Phi) is 3.49. The molecular formula is C12H16N2O3. The average Bonchev–Trinajstić information content (AvgIpc) is 2.37. The summed E-state index contributed by atoms with van der Waals surface area (Å²) in [6.07, 6.45) is 0. The van der Waals surface area contributed by atoms with E-state index in [-0.39, 0.29) is 18.6 Å². The molecule has 0 aromatic heterocycles. The summed E-state index contributed by atoms with van der Waals surface area (Å²) in [5, 5.41) is 14.8. The molecule has 1 aromatic carbocycles. The van der Waals surface area contributed by atoms with Gasteiger partial charge in [0.15, 0.2) is 5.75 Å². The fourth-order valence-corrected chi connectivity index (χ4v) is 1.70. The Bertz CT molecular complexity index is 420. The van der Waals surface area contributed by atoms with Gasteiger partial charge in [-0.1, -0.05) is 6.07 Å². The standard InChI is InChI=1S/C12H16N2O3/c1-8(7-15)14-12(16)9-3-2-4-10-11(9)17-6-5-13-10/h2-4,8,13,15H,5-7H2,1H3,(H,14,16)/t8-/m0/s1. The summed E-state index contributed by atoms with van der Waals surface area (Å²) >= 11 is 0. The number of benzene rings is 1. The van der Waals surface area contributed by atoms with Crippen molar-refractivity contribution in [2.75, 3.05) is 25.1 Å². The van der Waals surface area contributed by atoms with E-state index in [9.17, 15) is 4.79 Å². The second-order valence-corrected chi connectivity index (χ2v) is 4.01. The molecule has 0 radical (unpaired) electrons. The monoisotopic (exact) mass is 236 g/mol. The third kappa shape index (κ3) is 2.50. The van der Waals surface area contributed by atoms with Crippen LogP contribution in [0.3, 0.4) is 0 Å². The maximum absolute atomic E-state index is 12.0. The lowest BCUT2D eigenvalue weighted by Gasteiger charge is -2.22. The number of carbonyl (C=O) groups excluding carboxylic acids is 1. The van der Waals surface area contributed by atoms with E-state index in [2.05, 4.69) is 10.6 Å². The molecular weight excluding hydrogens is 220 g/mol. The Hall–Kier alpha value is -1.75. The maximum Gasteiger partial charge on any atom is 0.255 e. The molecule has 0 saturated carbocycles. The van der Waals surface area contributed by atoms with Gasteiger partial charge in [0, 0.05) is 12.6 Å². The molecule has 1 atom stereocenters. The zero-order valence-corrected chi connectivity index (χ0v) is 9.69. The maximum atomic E-state index is 12.0. The molecule has 5 heteroatoms. The number of fused-ring (bicyclic) bond motifs is 1. The van der Waals surface area contributed by atoms with Crippen molar-refractivity contribution in [1.82, 2.24) is 5.32 Å². The Morgan fingerprint density at radius 1 is 1.65 bits per heavy atom. The van der Waals surface area contributed by atoms with E-state index in [0.717, 1.165) is 12.2 Å². The lowest BCUT2D eigenvalue weighted by atomic mass is 10.1. The van der Waals surface area contributed by atoms with Crippen molar-refractivity contribution in [3.05, 3.63) is 23.8 Å². The predicted molar refractivity (Wildman–Crippen MR) is 64.4 cm³/mol. The van der Waals surface area contributed by atoms with Crippen molar-refractivity contribution in [2.45, 2.75) is 13.0 Å². The second kappa shape index (κ2) is 5.05. The summed E-state index contributed by atoms with van der Waals surface area (Å²) in [4.78, 5) is 12.0. The fraction of sp³-hybridized carbons (Fsp3) is 0.417. The first-order valence-corrected chi connectivity index (χ1v) is 5.63. The molecule has 1 heterocycles. The number of carbonyl (C=O) groups is 1. The van der Waals surface area contributed by atoms with Crippen molar-refractivity contribution in [2.24, 2.45) is 0 Å². The van der Waals surface area contributed by atoms with Crippen LogP contribution < -0.4 is 15.4 Å². The molecule has 1 aliphatic rings. The number of amides is 1. The molecule has 1 aromatic rings. The smallest absolute Gasteiger partial charge is 0.255 e. The molecule has 0 spiro atoms. The molecule has 5 nitrogen and oxygen atoms in total. The highest BCUT2D eigenvalue weighted by molar-refractivity contribution is 5.99. The van der Waals surface area contributed by atoms with Crippen molar-refractivity contribution >= 4 is 11.6 Å². The van der Waals surface area contributed by atoms with E-state index in [4.69, 9.17) is 9.84 Å². The highest BCUT2D eigenvalue weighted by atomic mass is 16.5. The summed E-state index contributed by atoms with van der Waals surface area (Å²) in [5.74, 6) is 0.355. The van der Waals surface area contributed by atoms with Crippen LogP contribution in [0.25, 0.3) is 0 Å². The van der Waals surface area contributed by atoms with Crippen LogP contribution in [0, 0.1) is 0 Å². The first-order chi connectivity index (χ1) is 8.22. The largest absolute Gasteiger partial charge is 0.489 e. The normalized spacial score (nSPS) is 15.2. The summed E-state index contributed by atoms with van der Waals surface area (Å²) in [5.41, 5.74) is 1.33. The van der Waals surface area contributed by atoms with Crippen LogP contribution in [0.4, 0.5) is 5.69 Å². The molecule has 2 rings (SSSR count). The minimum atomic E-state index is -0.269. The first-order valence-electron chi connectivity index (χ1n) is 5.63. The van der Waals surface area contributed by atoms with Gasteiger partial charge in [0.25, 0.3) is 5.91 Å². The molecule has 0 unspecified atom stereocenters. The minimum Gasteiger partial charge on any atom is -0.489 e. The molecule has 3 N–H and O–H groups in total. The van der Waals surface area contributed by atoms with E-state index in [0.29, 0.717) is 17.9 Å². The summed E-state index contributed by atoms with van der Waals surface area (Å²) in [7, 11) is 0. The van der Waals surface area contributed by atoms with Gasteiger partial charge in [-0.2, -0.15) is 0 Å². The third-order valence-corrected chi connectivity index (χ3v) is 2.57. The van der Waals surface area contributed by atoms with Gasteiger partial charge >= 0.3 is 0 Å². The van der Waals surface area contributed by atoms with Gasteiger partial charge < -0.3 is 20.5 Å². The van der Waals surface area contributed by atoms with E-state index >= 15 is 0 Å². The predicted octanol–water partition coefficient (Wildman–Crippen LogP) is 0.602. The van der Waals surface area contributed by atoms with Gasteiger partial charge in [0.1, 0.15) is 6.61 Å².